The van der Waals surface area contributed by atoms with Crippen molar-refractivity contribution in [1.82, 2.24) is 9.88 Å². The molecule has 0 atom stereocenters. The fraction of sp³-hybridized carbons (Fsp3) is 0.391. The number of para-hydroxylation sites is 1. The van der Waals surface area contributed by atoms with Gasteiger partial charge in [0.15, 0.2) is 11.5 Å². The molecule has 2 heterocycles. The molecule has 0 bridgehead atoms. The Labute approximate surface area is 175 Å². The van der Waals surface area contributed by atoms with Gasteiger partial charge in [0.1, 0.15) is 0 Å². The highest BCUT2D eigenvalue weighted by Gasteiger charge is 2.27. The van der Waals surface area contributed by atoms with E-state index >= 15 is 0 Å². The van der Waals surface area contributed by atoms with Gasteiger partial charge in [-0.1, -0.05) is 12.1 Å². The number of thiazole rings is 1. The number of piperidine rings is 1. The lowest BCUT2D eigenvalue weighted by molar-refractivity contribution is 0.0712. The number of nitrogens with zero attached hydrogens (tertiary/aromatic N) is 2. The molecule has 1 amide bonds. The van der Waals surface area contributed by atoms with Gasteiger partial charge in [-0.25, -0.2) is 4.98 Å². The maximum Gasteiger partial charge on any atom is 0.253 e. The molecule has 0 saturated carbocycles. The molecule has 4 rings (SSSR count). The number of ether oxygens (including phenoxy) is 2. The molecule has 0 unspecified atom stereocenters. The lowest BCUT2D eigenvalue weighted by atomic mass is 9.97. The van der Waals surface area contributed by atoms with Crippen LogP contribution in [0.3, 0.4) is 0 Å². The third kappa shape index (κ3) is 4.22. The second-order valence-corrected chi connectivity index (χ2v) is 8.68. The third-order valence-electron chi connectivity index (χ3n) is 5.22. The van der Waals surface area contributed by atoms with Crippen LogP contribution in [0.2, 0.25) is 0 Å². The van der Waals surface area contributed by atoms with Crippen LogP contribution in [0.15, 0.2) is 42.5 Å². The van der Waals surface area contributed by atoms with Gasteiger partial charge >= 0.3 is 0 Å². The molecular weight excluding hydrogens is 384 g/mol. The summed E-state index contributed by atoms with van der Waals surface area (Å²) >= 11 is 1.78. The van der Waals surface area contributed by atoms with Crippen LogP contribution in [0.4, 0.5) is 0 Å². The van der Waals surface area contributed by atoms with Crippen LogP contribution in [0.1, 0.15) is 48.0 Å². The van der Waals surface area contributed by atoms with Crippen LogP contribution in [0.5, 0.6) is 11.5 Å². The van der Waals surface area contributed by atoms with Crippen molar-refractivity contribution in [2.45, 2.75) is 38.7 Å². The molecule has 1 fully saturated rings. The maximum atomic E-state index is 13.0. The summed E-state index contributed by atoms with van der Waals surface area (Å²) in [5, 5.41) is 1.19. The first-order valence-electron chi connectivity index (χ1n) is 10.0. The zero-order chi connectivity index (χ0) is 20.4. The number of likely N-dealkylation sites (tertiary alicyclic amines) is 1. The largest absolute Gasteiger partial charge is 0.493 e. The Morgan fingerprint density at radius 3 is 2.59 bits per heavy atom. The van der Waals surface area contributed by atoms with Gasteiger partial charge in [0.25, 0.3) is 5.91 Å². The molecule has 5 nitrogen and oxygen atoms in total. The number of hydrogen-bond acceptors (Lipinski definition) is 5. The van der Waals surface area contributed by atoms with Gasteiger partial charge in [0.05, 0.1) is 28.4 Å². The van der Waals surface area contributed by atoms with Crippen molar-refractivity contribution >= 4 is 27.5 Å². The van der Waals surface area contributed by atoms with E-state index < -0.39 is 0 Å². The van der Waals surface area contributed by atoms with Gasteiger partial charge in [-0.05, 0) is 57.0 Å². The molecule has 0 radical (unpaired) electrons. The molecule has 1 aromatic heterocycles. The molecule has 2 aromatic carbocycles. The number of carbonyl (C=O) groups is 1. The predicted octanol–water partition coefficient (Wildman–Crippen LogP) is 5.11. The number of amides is 1. The van der Waals surface area contributed by atoms with Crippen molar-refractivity contribution in [3.05, 3.63) is 53.0 Å². The van der Waals surface area contributed by atoms with E-state index in [1.165, 1.54) is 9.71 Å². The van der Waals surface area contributed by atoms with Gasteiger partial charge in [0, 0.05) is 24.6 Å². The highest BCUT2D eigenvalue weighted by Crippen LogP contribution is 2.35. The van der Waals surface area contributed by atoms with E-state index in [4.69, 9.17) is 14.5 Å². The molecule has 29 heavy (non-hydrogen) atoms. The van der Waals surface area contributed by atoms with Crippen molar-refractivity contribution in [2.75, 3.05) is 20.2 Å². The zero-order valence-electron chi connectivity index (χ0n) is 17.1. The van der Waals surface area contributed by atoms with Gasteiger partial charge in [-0.15, -0.1) is 11.3 Å². The summed E-state index contributed by atoms with van der Waals surface area (Å²) in [4.78, 5) is 19.7. The van der Waals surface area contributed by atoms with Crippen LogP contribution in [-0.2, 0) is 0 Å². The molecule has 0 spiro atoms. The molecule has 3 aromatic rings. The van der Waals surface area contributed by atoms with Crippen LogP contribution in [0, 0.1) is 0 Å². The Balaban J connectivity index is 1.43. The Bertz CT molecular complexity index is 973. The lowest BCUT2D eigenvalue weighted by Gasteiger charge is -2.31. The minimum Gasteiger partial charge on any atom is -0.493 e. The fourth-order valence-corrected chi connectivity index (χ4v) is 4.87. The first-order chi connectivity index (χ1) is 14.0. The minimum absolute atomic E-state index is 0.0437. The molecule has 1 saturated heterocycles. The summed E-state index contributed by atoms with van der Waals surface area (Å²) in [6, 6.07) is 13.7. The first-order valence-corrected chi connectivity index (χ1v) is 10.9. The summed E-state index contributed by atoms with van der Waals surface area (Å²) in [5.41, 5.74) is 1.71. The average molecular weight is 411 g/mol. The second kappa shape index (κ2) is 8.41. The SMILES string of the molecule is COc1cc(C(=O)N2CCC(c3nc4ccccc4s3)CC2)ccc1OC(C)C. The number of carbonyl (C=O) groups excluding carboxylic acids is 1. The van der Waals surface area contributed by atoms with Crippen LogP contribution < -0.4 is 9.47 Å². The number of fused-ring (bicyclic) bond motifs is 1. The highest BCUT2D eigenvalue weighted by molar-refractivity contribution is 7.18. The predicted molar refractivity (Wildman–Crippen MR) is 116 cm³/mol. The van der Waals surface area contributed by atoms with Crippen molar-refractivity contribution in [3.8, 4) is 11.5 Å². The van der Waals surface area contributed by atoms with Crippen molar-refractivity contribution < 1.29 is 14.3 Å². The van der Waals surface area contributed by atoms with Crippen LogP contribution >= 0.6 is 11.3 Å². The summed E-state index contributed by atoms with van der Waals surface area (Å²) in [6.45, 7) is 5.42. The smallest absolute Gasteiger partial charge is 0.253 e. The summed E-state index contributed by atoms with van der Waals surface area (Å²) in [7, 11) is 1.60. The topological polar surface area (TPSA) is 51.7 Å². The van der Waals surface area contributed by atoms with Crippen molar-refractivity contribution in [1.29, 1.82) is 0 Å². The number of aromatic nitrogens is 1. The van der Waals surface area contributed by atoms with Crippen LogP contribution in [0.25, 0.3) is 10.2 Å². The Kier molecular flexibility index (Phi) is 5.72. The van der Waals surface area contributed by atoms with Gasteiger partial charge in [-0.3, -0.25) is 4.79 Å². The van der Waals surface area contributed by atoms with Gasteiger partial charge in [0.2, 0.25) is 0 Å². The van der Waals surface area contributed by atoms with E-state index in [0.29, 0.717) is 23.0 Å². The Morgan fingerprint density at radius 1 is 1.14 bits per heavy atom. The normalized spacial score (nSPS) is 15.1. The molecular formula is C23H26N2O3S. The number of benzene rings is 2. The van der Waals surface area contributed by atoms with Crippen molar-refractivity contribution in [2.24, 2.45) is 0 Å². The van der Waals surface area contributed by atoms with E-state index in [9.17, 15) is 4.79 Å². The molecule has 152 valence electrons. The number of methoxy groups -OCH3 is 1. The van der Waals surface area contributed by atoms with Crippen LogP contribution in [-0.4, -0.2) is 42.1 Å². The molecule has 0 aliphatic carbocycles. The Morgan fingerprint density at radius 2 is 1.90 bits per heavy atom. The number of hydrogen-bond donors (Lipinski definition) is 0. The molecule has 1 aliphatic heterocycles. The Hall–Kier alpha value is -2.60. The summed E-state index contributed by atoms with van der Waals surface area (Å²) in [5.74, 6) is 1.72. The fourth-order valence-electron chi connectivity index (χ4n) is 3.73. The van der Waals surface area contributed by atoms with E-state index in [1.807, 2.05) is 36.9 Å². The van der Waals surface area contributed by atoms with E-state index in [1.54, 1.807) is 24.5 Å². The minimum atomic E-state index is 0.0437. The lowest BCUT2D eigenvalue weighted by Crippen LogP contribution is -2.37. The van der Waals surface area contributed by atoms with Gasteiger partial charge in [-0.2, -0.15) is 0 Å². The molecule has 6 heteroatoms. The number of rotatable bonds is 5. The average Bonchev–Trinajstić information content (AvgIpc) is 3.17. The molecule has 1 aliphatic rings. The highest BCUT2D eigenvalue weighted by atomic mass is 32.1. The second-order valence-electron chi connectivity index (χ2n) is 7.62. The first kappa shape index (κ1) is 19.7. The van der Waals surface area contributed by atoms with E-state index in [2.05, 4.69) is 18.2 Å². The van der Waals surface area contributed by atoms with Crippen molar-refractivity contribution in [3.63, 3.8) is 0 Å². The molecule has 0 N–H and O–H groups in total. The quantitative estimate of drug-likeness (QED) is 0.586. The van der Waals surface area contributed by atoms with E-state index in [-0.39, 0.29) is 12.0 Å². The van der Waals surface area contributed by atoms with Gasteiger partial charge < -0.3 is 14.4 Å². The monoisotopic (exact) mass is 410 g/mol. The maximum absolute atomic E-state index is 13.0. The summed E-state index contributed by atoms with van der Waals surface area (Å²) < 4.78 is 12.4. The summed E-state index contributed by atoms with van der Waals surface area (Å²) in [6.07, 6.45) is 1.93. The third-order valence-corrected chi connectivity index (χ3v) is 6.41. The zero-order valence-corrected chi connectivity index (χ0v) is 17.9. The van der Waals surface area contributed by atoms with E-state index in [0.717, 1.165) is 31.4 Å². The standard InChI is InChI=1S/C23H26N2O3S/c1-15(2)28-19-9-8-17(14-20(19)27-3)23(26)25-12-10-16(11-13-25)22-24-18-6-4-5-7-21(18)29-22/h4-9,14-16H,10-13H2,1-3H3.